The molecular weight excluding hydrogens is 444 g/mol. The van der Waals surface area contributed by atoms with E-state index in [2.05, 4.69) is 28.9 Å². The molecule has 5 heteroatoms. The summed E-state index contributed by atoms with van der Waals surface area (Å²) in [6.07, 6.45) is 16.5. The predicted molar refractivity (Wildman–Crippen MR) is 150 cm³/mol. The molecule has 6 rings (SSSR count). The first-order chi connectivity index (χ1) is 17.6. The number of fused-ring (bicyclic) bond motifs is 1. The van der Waals surface area contributed by atoms with Crippen molar-refractivity contribution in [3.05, 3.63) is 30.3 Å². The standard InChI is InChI=1S/C31H46N4O/c1-2-3-4-5-6-13-32-14-8-15-33-29-12-11-26-27(34-29)9-7-10-28(26)35-30(36)22-31-19-23-16-24(20-31)18-25(17-23)21-31/h7,9-12,23-25,32H,2-6,8,13-22H2,1H3,(H,33,34)(H,35,36). The third-order valence-electron chi connectivity index (χ3n) is 9.00. The molecule has 4 saturated carbocycles. The molecule has 5 nitrogen and oxygen atoms in total. The van der Waals surface area contributed by atoms with E-state index in [1.54, 1.807) is 0 Å². The maximum atomic E-state index is 13.2. The van der Waals surface area contributed by atoms with Gasteiger partial charge in [0.05, 0.1) is 11.2 Å². The highest BCUT2D eigenvalue weighted by molar-refractivity contribution is 6.01. The van der Waals surface area contributed by atoms with Crippen LogP contribution in [0.1, 0.15) is 90.4 Å². The lowest BCUT2D eigenvalue weighted by atomic mass is 9.49. The minimum absolute atomic E-state index is 0.185. The highest BCUT2D eigenvalue weighted by Crippen LogP contribution is 2.61. The van der Waals surface area contributed by atoms with Crippen LogP contribution in [0.4, 0.5) is 11.5 Å². The summed E-state index contributed by atoms with van der Waals surface area (Å²) in [6.45, 7) is 5.32. The second kappa shape index (κ2) is 11.9. The molecule has 1 amide bonds. The number of nitrogens with one attached hydrogen (secondary N) is 3. The topological polar surface area (TPSA) is 66.0 Å². The number of hydrogen-bond acceptors (Lipinski definition) is 4. The predicted octanol–water partition coefficient (Wildman–Crippen LogP) is 7.14. The first kappa shape index (κ1) is 25.5. The number of nitrogens with zero attached hydrogens (tertiary/aromatic N) is 1. The zero-order valence-electron chi connectivity index (χ0n) is 22.3. The number of unbranched alkanes of at least 4 members (excludes halogenated alkanes) is 4. The molecule has 196 valence electrons. The Balaban J connectivity index is 1.08. The molecule has 0 spiro atoms. The Morgan fingerprint density at radius 2 is 1.61 bits per heavy atom. The van der Waals surface area contributed by atoms with Crippen LogP contribution in [0.25, 0.3) is 10.9 Å². The van der Waals surface area contributed by atoms with E-state index in [-0.39, 0.29) is 11.3 Å². The molecule has 0 saturated heterocycles. The number of anilines is 2. The van der Waals surface area contributed by atoms with Gasteiger partial charge in [0, 0.05) is 18.4 Å². The molecule has 4 aliphatic rings. The minimum Gasteiger partial charge on any atom is -0.370 e. The summed E-state index contributed by atoms with van der Waals surface area (Å²) in [4.78, 5) is 18.0. The minimum atomic E-state index is 0.185. The monoisotopic (exact) mass is 490 g/mol. The zero-order chi connectivity index (χ0) is 24.8. The van der Waals surface area contributed by atoms with Crippen LogP contribution in [0, 0.1) is 23.2 Å². The van der Waals surface area contributed by atoms with Crippen molar-refractivity contribution in [2.24, 2.45) is 23.2 Å². The van der Waals surface area contributed by atoms with E-state index in [9.17, 15) is 4.79 Å². The maximum Gasteiger partial charge on any atom is 0.224 e. The summed E-state index contributed by atoms with van der Waals surface area (Å²) < 4.78 is 0. The molecule has 4 bridgehead atoms. The Morgan fingerprint density at radius 1 is 0.889 bits per heavy atom. The summed E-state index contributed by atoms with van der Waals surface area (Å²) in [5.74, 6) is 3.72. The molecule has 2 aromatic rings. The molecule has 1 aromatic carbocycles. The van der Waals surface area contributed by atoms with Gasteiger partial charge in [-0.25, -0.2) is 4.98 Å². The van der Waals surface area contributed by atoms with Crippen molar-refractivity contribution in [2.45, 2.75) is 90.4 Å². The SMILES string of the molecule is CCCCCCCNCCCNc1ccc2c(NC(=O)CC34CC5CC(CC(C5)C3)C4)cccc2n1. The number of rotatable bonds is 14. The van der Waals surface area contributed by atoms with Crippen molar-refractivity contribution in [1.29, 1.82) is 0 Å². The number of carbonyl (C=O) groups is 1. The van der Waals surface area contributed by atoms with Crippen LogP contribution in [-0.2, 0) is 4.79 Å². The summed E-state index contributed by atoms with van der Waals surface area (Å²) in [5, 5.41) is 11.3. The van der Waals surface area contributed by atoms with Gasteiger partial charge in [0.25, 0.3) is 0 Å². The van der Waals surface area contributed by atoms with Gasteiger partial charge in [0.15, 0.2) is 0 Å². The number of pyridine rings is 1. The van der Waals surface area contributed by atoms with Gasteiger partial charge in [0.1, 0.15) is 5.82 Å². The highest BCUT2D eigenvalue weighted by atomic mass is 16.1. The average molecular weight is 491 g/mol. The fourth-order valence-corrected chi connectivity index (χ4v) is 7.81. The van der Waals surface area contributed by atoms with Gasteiger partial charge in [-0.3, -0.25) is 4.79 Å². The van der Waals surface area contributed by atoms with Gasteiger partial charge in [-0.1, -0.05) is 38.7 Å². The quantitative estimate of drug-likeness (QED) is 0.246. The normalized spacial score (nSPS) is 26.4. The number of amides is 1. The molecular formula is C31H46N4O. The van der Waals surface area contributed by atoms with E-state index in [1.165, 1.54) is 70.6 Å². The average Bonchev–Trinajstić information content (AvgIpc) is 2.84. The molecule has 1 aromatic heterocycles. The second-order valence-electron chi connectivity index (χ2n) is 12.2. The van der Waals surface area contributed by atoms with Crippen LogP contribution in [0.2, 0.25) is 0 Å². The van der Waals surface area contributed by atoms with E-state index in [4.69, 9.17) is 4.98 Å². The van der Waals surface area contributed by atoms with Crippen LogP contribution in [-0.4, -0.2) is 30.5 Å². The van der Waals surface area contributed by atoms with Gasteiger partial charge in [-0.15, -0.1) is 0 Å². The fourth-order valence-electron chi connectivity index (χ4n) is 7.81. The first-order valence-electron chi connectivity index (χ1n) is 14.8. The molecule has 1 heterocycles. The van der Waals surface area contributed by atoms with E-state index in [0.717, 1.165) is 66.2 Å². The van der Waals surface area contributed by atoms with Gasteiger partial charge in [-0.05, 0) is 112 Å². The van der Waals surface area contributed by atoms with Crippen molar-refractivity contribution in [1.82, 2.24) is 10.3 Å². The molecule has 0 aliphatic heterocycles. The summed E-state index contributed by atoms with van der Waals surface area (Å²) in [7, 11) is 0. The maximum absolute atomic E-state index is 13.2. The Morgan fingerprint density at radius 3 is 2.36 bits per heavy atom. The lowest BCUT2D eigenvalue weighted by molar-refractivity contribution is -0.124. The zero-order valence-corrected chi connectivity index (χ0v) is 22.3. The number of benzene rings is 1. The Labute approximate surface area is 217 Å². The summed E-state index contributed by atoms with van der Waals surface area (Å²) >= 11 is 0. The summed E-state index contributed by atoms with van der Waals surface area (Å²) in [5.41, 5.74) is 2.09. The van der Waals surface area contributed by atoms with Crippen molar-refractivity contribution in [3.63, 3.8) is 0 Å². The first-order valence-corrected chi connectivity index (χ1v) is 14.8. The fraction of sp³-hybridized carbons (Fsp3) is 0.677. The summed E-state index contributed by atoms with van der Waals surface area (Å²) in [6, 6.07) is 10.2. The van der Waals surface area contributed by atoms with Crippen molar-refractivity contribution < 1.29 is 4.79 Å². The Kier molecular flexibility index (Phi) is 8.46. The van der Waals surface area contributed by atoms with Crippen LogP contribution in [0.5, 0.6) is 0 Å². The highest BCUT2D eigenvalue weighted by Gasteiger charge is 2.51. The molecule has 0 atom stereocenters. The van der Waals surface area contributed by atoms with Crippen molar-refractivity contribution in [3.8, 4) is 0 Å². The van der Waals surface area contributed by atoms with E-state index in [1.807, 2.05) is 24.3 Å². The van der Waals surface area contributed by atoms with Gasteiger partial charge < -0.3 is 16.0 Å². The van der Waals surface area contributed by atoms with Gasteiger partial charge in [0.2, 0.25) is 5.91 Å². The molecule has 0 radical (unpaired) electrons. The van der Waals surface area contributed by atoms with Crippen LogP contribution in [0.15, 0.2) is 30.3 Å². The van der Waals surface area contributed by atoms with E-state index in [0.29, 0.717) is 6.42 Å². The van der Waals surface area contributed by atoms with Gasteiger partial charge >= 0.3 is 0 Å². The van der Waals surface area contributed by atoms with Crippen molar-refractivity contribution >= 4 is 28.3 Å². The Bertz CT molecular complexity index is 984. The van der Waals surface area contributed by atoms with Crippen LogP contribution < -0.4 is 16.0 Å². The third kappa shape index (κ3) is 6.40. The molecule has 4 aliphatic carbocycles. The van der Waals surface area contributed by atoms with Crippen LogP contribution in [0.3, 0.4) is 0 Å². The lowest BCUT2D eigenvalue weighted by Crippen LogP contribution is -2.47. The molecule has 36 heavy (non-hydrogen) atoms. The molecule has 4 fully saturated rings. The smallest absolute Gasteiger partial charge is 0.224 e. The lowest BCUT2D eigenvalue weighted by Gasteiger charge is -2.56. The van der Waals surface area contributed by atoms with Crippen LogP contribution >= 0.6 is 0 Å². The number of aromatic nitrogens is 1. The number of hydrogen-bond donors (Lipinski definition) is 3. The molecule has 3 N–H and O–H groups in total. The molecule has 0 unspecified atom stereocenters. The van der Waals surface area contributed by atoms with E-state index >= 15 is 0 Å². The van der Waals surface area contributed by atoms with Gasteiger partial charge in [-0.2, -0.15) is 0 Å². The largest absolute Gasteiger partial charge is 0.370 e. The third-order valence-corrected chi connectivity index (χ3v) is 9.00. The number of carbonyl (C=O) groups excluding carboxylic acids is 1. The van der Waals surface area contributed by atoms with E-state index < -0.39 is 0 Å². The van der Waals surface area contributed by atoms with Crippen molar-refractivity contribution in [2.75, 3.05) is 30.3 Å². The Hall–Kier alpha value is -2.14. The second-order valence-corrected chi connectivity index (χ2v) is 12.2.